The van der Waals surface area contributed by atoms with Crippen LogP contribution in [0.3, 0.4) is 0 Å². The van der Waals surface area contributed by atoms with Gasteiger partial charge in [-0.2, -0.15) is 11.8 Å². The van der Waals surface area contributed by atoms with Gasteiger partial charge < -0.3 is 20.3 Å². The molecule has 1 saturated heterocycles. The minimum Gasteiger partial charge on any atom is -0.530 e. The van der Waals surface area contributed by atoms with E-state index in [1.54, 1.807) is 17.1 Å². The third-order valence-corrected chi connectivity index (χ3v) is 4.06. The van der Waals surface area contributed by atoms with Crippen molar-refractivity contribution in [3.05, 3.63) is 29.3 Å². The van der Waals surface area contributed by atoms with Crippen molar-refractivity contribution in [3.63, 3.8) is 0 Å². The second-order valence-corrected chi connectivity index (χ2v) is 5.60. The number of benzene rings is 1. The highest BCUT2D eigenvalue weighted by Gasteiger charge is 2.36. The molecule has 2 rings (SSSR count). The molecule has 1 aromatic rings. The van der Waals surface area contributed by atoms with Crippen molar-refractivity contribution in [2.45, 2.75) is 18.4 Å². The lowest BCUT2D eigenvalue weighted by molar-refractivity contribution is -0.242. The van der Waals surface area contributed by atoms with Gasteiger partial charge in [0.1, 0.15) is 17.7 Å². The summed E-state index contributed by atoms with van der Waals surface area (Å²) in [7, 11) is 0. The molecule has 2 N–H and O–H groups in total. The molecule has 1 heterocycles. The minimum atomic E-state index is -1.65. The van der Waals surface area contributed by atoms with Gasteiger partial charge in [-0.15, -0.1) is 0 Å². The van der Waals surface area contributed by atoms with Gasteiger partial charge >= 0.3 is 0 Å². The highest BCUT2D eigenvalue weighted by atomic mass is 32.2. The van der Waals surface area contributed by atoms with Crippen LogP contribution >= 0.6 is 11.8 Å². The molecule has 7 heteroatoms. The quantitative estimate of drug-likeness (QED) is 0.863. The number of carbonyl (C=O) groups excluding carboxylic acids is 1. The molecule has 1 fully saturated rings. The topological polar surface area (TPSA) is 72.4 Å². The number of thioether (sulfide) groups is 1. The first-order chi connectivity index (χ1) is 8.92. The highest BCUT2D eigenvalue weighted by Crippen LogP contribution is 2.39. The number of carboxylic acid groups (broad SMARTS) is 1. The summed E-state index contributed by atoms with van der Waals surface area (Å²) in [5.41, 5.74) is -2.18. The molecule has 19 heavy (non-hydrogen) atoms. The van der Waals surface area contributed by atoms with Crippen LogP contribution in [-0.4, -0.2) is 22.7 Å². The van der Waals surface area contributed by atoms with Gasteiger partial charge in [-0.25, -0.2) is 8.78 Å². The number of anilines is 1. The highest BCUT2D eigenvalue weighted by molar-refractivity contribution is 7.99. The van der Waals surface area contributed by atoms with Crippen molar-refractivity contribution in [2.24, 2.45) is 0 Å². The first-order valence-corrected chi connectivity index (χ1v) is 6.85. The van der Waals surface area contributed by atoms with Gasteiger partial charge in [-0.3, -0.25) is 0 Å². The van der Waals surface area contributed by atoms with Crippen molar-refractivity contribution in [1.82, 2.24) is 0 Å². The zero-order chi connectivity index (χ0) is 14.0. The Kier molecular flexibility index (Phi) is 3.96. The maximum Gasteiger partial charge on any atom is 0.138 e. The van der Waals surface area contributed by atoms with E-state index in [0.29, 0.717) is 11.5 Å². The summed E-state index contributed by atoms with van der Waals surface area (Å²) >= 11 is 1.61. The van der Waals surface area contributed by atoms with E-state index >= 15 is 0 Å². The molecular weight excluding hydrogens is 276 g/mol. The van der Waals surface area contributed by atoms with Gasteiger partial charge in [-0.1, -0.05) is 0 Å². The predicted octanol–water partition coefficient (Wildman–Crippen LogP) is 1.43. The third kappa shape index (κ3) is 2.98. The summed E-state index contributed by atoms with van der Waals surface area (Å²) in [6, 6.07) is 1.68. The number of rotatable bonds is 2. The van der Waals surface area contributed by atoms with E-state index in [2.05, 4.69) is 0 Å². The van der Waals surface area contributed by atoms with E-state index in [1.807, 2.05) is 0 Å². The van der Waals surface area contributed by atoms with Crippen LogP contribution in [0.15, 0.2) is 12.1 Å². The number of hydrogen-bond donors (Lipinski definition) is 2. The summed E-state index contributed by atoms with van der Waals surface area (Å²) in [6.07, 6.45) is -1.13. The summed E-state index contributed by atoms with van der Waals surface area (Å²) in [6.45, 7) is 0. The molecule has 0 spiro atoms. The fourth-order valence-corrected chi connectivity index (χ4v) is 3.33. The van der Waals surface area contributed by atoms with Crippen molar-refractivity contribution in [1.29, 1.82) is 0 Å². The third-order valence-electron chi connectivity index (χ3n) is 3.07. The Hall–Kier alpha value is -1.34. The van der Waals surface area contributed by atoms with Crippen LogP contribution in [0.2, 0.25) is 0 Å². The average molecular weight is 288 g/mol. The van der Waals surface area contributed by atoms with Crippen LogP contribution in [0, 0.1) is 11.6 Å². The predicted molar refractivity (Wildman–Crippen MR) is 65.8 cm³/mol. The zero-order valence-electron chi connectivity index (χ0n) is 9.91. The zero-order valence-corrected chi connectivity index (χ0v) is 10.7. The number of nitrogens with one attached hydrogen (secondary N) is 1. The van der Waals surface area contributed by atoms with Crippen LogP contribution < -0.4 is 10.4 Å². The van der Waals surface area contributed by atoms with Crippen molar-refractivity contribution < 1.29 is 23.8 Å². The normalized spacial score (nSPS) is 18.1. The fourth-order valence-electron chi connectivity index (χ4n) is 2.17. The minimum absolute atomic E-state index is 0.257. The Morgan fingerprint density at radius 2 is 1.84 bits per heavy atom. The van der Waals surface area contributed by atoms with Gasteiger partial charge in [0.25, 0.3) is 0 Å². The van der Waals surface area contributed by atoms with Crippen LogP contribution in [0.4, 0.5) is 19.3 Å². The maximum absolute atomic E-state index is 13.9. The molecule has 4 nitrogen and oxygen atoms in total. The van der Waals surface area contributed by atoms with Crippen LogP contribution in [0.1, 0.15) is 18.4 Å². The summed E-state index contributed by atoms with van der Waals surface area (Å²) in [5.74, 6) is -0.681. The number of carbonyl (C=O) groups is 1. The number of amides is 1. The Morgan fingerprint density at radius 3 is 2.32 bits per heavy atom. The fraction of sp³-hybridized carbons (Fsp3) is 0.417. The molecule has 1 aliphatic rings. The lowest BCUT2D eigenvalue weighted by Gasteiger charge is -2.32. The van der Waals surface area contributed by atoms with E-state index in [0.717, 1.165) is 12.1 Å². The molecular formula is C12H12F2NO3S-. The Bertz CT molecular complexity index is 481. The molecule has 0 radical (unpaired) electrons. The van der Waals surface area contributed by atoms with Crippen molar-refractivity contribution >= 4 is 23.5 Å². The average Bonchev–Trinajstić information content (AvgIpc) is 2.27. The van der Waals surface area contributed by atoms with E-state index in [4.69, 9.17) is 0 Å². The molecule has 1 aromatic carbocycles. The smallest absolute Gasteiger partial charge is 0.138 e. The second kappa shape index (κ2) is 5.34. The number of hydrogen-bond acceptors (Lipinski definition) is 4. The van der Waals surface area contributed by atoms with Crippen LogP contribution in [0.5, 0.6) is 0 Å². The molecule has 0 bridgehead atoms. The van der Waals surface area contributed by atoms with Gasteiger partial charge in [0.2, 0.25) is 0 Å². The monoisotopic (exact) mass is 288 g/mol. The van der Waals surface area contributed by atoms with Gasteiger partial charge in [0, 0.05) is 5.69 Å². The Labute approximate surface area is 112 Å². The Balaban J connectivity index is 2.38. The van der Waals surface area contributed by atoms with E-state index in [1.165, 1.54) is 0 Å². The molecule has 1 aliphatic heterocycles. The summed E-state index contributed by atoms with van der Waals surface area (Å²) < 4.78 is 27.9. The molecule has 0 aromatic heterocycles. The molecule has 1 amide bonds. The molecule has 0 saturated carbocycles. The standard InChI is InChI=1S/C12H13F2NO3S/c13-8-5-7(15-11(16)17)6-9(14)10(8)12(18)1-3-19-4-2-12/h5-6,15,18H,1-4H2,(H,16,17)/p-1. The molecule has 0 aliphatic carbocycles. The molecule has 104 valence electrons. The molecule has 0 atom stereocenters. The summed E-state index contributed by atoms with van der Waals surface area (Å²) in [4.78, 5) is 10.3. The van der Waals surface area contributed by atoms with E-state index < -0.39 is 28.9 Å². The van der Waals surface area contributed by atoms with E-state index in [9.17, 15) is 23.8 Å². The van der Waals surface area contributed by atoms with Gasteiger partial charge in [-0.05, 0) is 36.5 Å². The summed E-state index contributed by atoms with van der Waals surface area (Å²) in [5, 5.41) is 22.4. The Morgan fingerprint density at radius 1 is 1.32 bits per heavy atom. The lowest BCUT2D eigenvalue weighted by atomic mass is 9.87. The maximum atomic E-state index is 13.9. The van der Waals surface area contributed by atoms with Crippen LogP contribution in [-0.2, 0) is 5.60 Å². The first kappa shape index (κ1) is 14.1. The van der Waals surface area contributed by atoms with Crippen molar-refractivity contribution in [2.75, 3.05) is 16.8 Å². The SMILES string of the molecule is O=C([O-])Nc1cc(F)c(C2(O)CCSCC2)c(F)c1. The van der Waals surface area contributed by atoms with Crippen molar-refractivity contribution in [3.8, 4) is 0 Å². The number of aliphatic hydroxyl groups is 1. The second-order valence-electron chi connectivity index (χ2n) is 4.37. The van der Waals surface area contributed by atoms with E-state index in [-0.39, 0.29) is 18.5 Å². The molecule has 0 unspecified atom stereocenters. The first-order valence-electron chi connectivity index (χ1n) is 5.70. The number of halogens is 2. The largest absolute Gasteiger partial charge is 0.530 e. The van der Waals surface area contributed by atoms with Gasteiger partial charge in [0.15, 0.2) is 0 Å². The van der Waals surface area contributed by atoms with Gasteiger partial charge in [0.05, 0.1) is 11.2 Å². The lowest BCUT2D eigenvalue weighted by Crippen LogP contribution is -2.33. The van der Waals surface area contributed by atoms with Crippen LogP contribution in [0.25, 0.3) is 0 Å².